The highest BCUT2D eigenvalue weighted by Gasteiger charge is 2.35. The third kappa shape index (κ3) is 4.68. The molecule has 1 aliphatic heterocycles. The maximum Gasteiger partial charge on any atom is 0.340 e. The van der Waals surface area contributed by atoms with Gasteiger partial charge in [0.05, 0.1) is 19.2 Å². The van der Waals surface area contributed by atoms with Gasteiger partial charge in [0, 0.05) is 23.5 Å². The van der Waals surface area contributed by atoms with Crippen LogP contribution in [-0.4, -0.2) is 38.8 Å². The van der Waals surface area contributed by atoms with E-state index in [1.165, 1.54) is 20.0 Å². The summed E-state index contributed by atoms with van der Waals surface area (Å²) in [5.41, 5.74) is 2.12. The maximum absolute atomic E-state index is 13.2. The minimum Gasteiger partial charge on any atom is -0.465 e. The van der Waals surface area contributed by atoms with Crippen molar-refractivity contribution in [1.82, 2.24) is 4.90 Å². The molecule has 7 nitrogen and oxygen atoms in total. The number of ether oxygens (including phenoxy) is 1. The number of nitrogens with zero attached hydrogens (tertiary/aromatic N) is 1. The van der Waals surface area contributed by atoms with Gasteiger partial charge in [-0.05, 0) is 55.4 Å². The minimum atomic E-state index is -4.00. The molecule has 4 rings (SSSR count). The maximum atomic E-state index is 13.2. The highest BCUT2D eigenvalue weighted by molar-refractivity contribution is 7.94. The van der Waals surface area contributed by atoms with Crippen LogP contribution < -0.4 is 4.72 Å². The first-order chi connectivity index (χ1) is 15.3. The topological polar surface area (TPSA) is 92.8 Å². The zero-order valence-corrected chi connectivity index (χ0v) is 20.0. The van der Waals surface area contributed by atoms with Gasteiger partial charge < -0.3 is 9.64 Å². The minimum absolute atomic E-state index is 0.0547. The highest BCUT2D eigenvalue weighted by atomic mass is 32.2. The predicted molar refractivity (Wildman–Crippen MR) is 123 cm³/mol. The fourth-order valence-electron chi connectivity index (χ4n) is 4.59. The molecule has 0 radical (unpaired) electrons. The first-order valence-electron chi connectivity index (χ1n) is 10.9. The number of rotatable bonds is 6. The highest BCUT2D eigenvalue weighted by Crippen LogP contribution is 2.38. The van der Waals surface area contributed by atoms with Crippen molar-refractivity contribution in [1.29, 1.82) is 0 Å². The molecule has 0 saturated heterocycles. The van der Waals surface area contributed by atoms with Gasteiger partial charge in [-0.1, -0.05) is 25.0 Å². The Morgan fingerprint density at radius 3 is 2.69 bits per heavy atom. The number of amides is 1. The number of esters is 1. The van der Waals surface area contributed by atoms with Gasteiger partial charge in [0.25, 0.3) is 10.0 Å². The Bertz CT molecular complexity index is 1130. The number of nitrogens with one attached hydrogen (secondary N) is 1. The van der Waals surface area contributed by atoms with Crippen LogP contribution in [0.3, 0.4) is 0 Å². The number of anilines is 1. The van der Waals surface area contributed by atoms with Gasteiger partial charge in [-0.15, -0.1) is 11.3 Å². The van der Waals surface area contributed by atoms with Gasteiger partial charge in [-0.3, -0.25) is 9.52 Å². The van der Waals surface area contributed by atoms with Gasteiger partial charge in [0.1, 0.15) is 0 Å². The van der Waals surface area contributed by atoms with E-state index in [0.29, 0.717) is 43.1 Å². The van der Waals surface area contributed by atoms with Crippen molar-refractivity contribution < 1.29 is 22.7 Å². The fraction of sp³-hybridized carbons (Fsp3) is 0.478. The number of hydrogen-bond acceptors (Lipinski definition) is 6. The van der Waals surface area contributed by atoms with Crippen molar-refractivity contribution in [2.75, 3.05) is 18.4 Å². The molecule has 172 valence electrons. The Labute approximate surface area is 192 Å². The number of aryl methyl sites for hydroxylation is 1. The molecule has 2 aromatic rings. The summed E-state index contributed by atoms with van der Waals surface area (Å²) in [6, 6.07) is 7.03. The van der Waals surface area contributed by atoms with Gasteiger partial charge >= 0.3 is 5.97 Å². The summed E-state index contributed by atoms with van der Waals surface area (Å²) in [4.78, 5) is 27.9. The van der Waals surface area contributed by atoms with Gasteiger partial charge in [0.2, 0.25) is 5.91 Å². The average Bonchev–Trinajstić information content (AvgIpc) is 3.40. The number of fused-ring (bicyclic) bond motifs is 1. The summed E-state index contributed by atoms with van der Waals surface area (Å²) in [5, 5.41) is 0. The Hall–Kier alpha value is -2.39. The summed E-state index contributed by atoms with van der Waals surface area (Å²) in [6.45, 7) is 2.68. The summed E-state index contributed by atoms with van der Waals surface area (Å²) in [6.07, 6.45) is 5.55. The number of carbonyl (C=O) groups is 2. The van der Waals surface area contributed by atoms with Crippen molar-refractivity contribution in [2.45, 2.75) is 56.2 Å². The van der Waals surface area contributed by atoms with Crippen LogP contribution in [-0.2, 0) is 32.5 Å². The van der Waals surface area contributed by atoms with Crippen LogP contribution in [0.15, 0.2) is 28.5 Å². The van der Waals surface area contributed by atoms with Crippen LogP contribution >= 0.6 is 11.3 Å². The van der Waals surface area contributed by atoms with Crippen molar-refractivity contribution in [3.05, 3.63) is 45.8 Å². The van der Waals surface area contributed by atoms with Crippen LogP contribution in [0.1, 0.15) is 58.5 Å². The molecule has 1 amide bonds. The monoisotopic (exact) mass is 476 g/mol. The van der Waals surface area contributed by atoms with E-state index in [0.717, 1.165) is 34.6 Å². The van der Waals surface area contributed by atoms with Gasteiger partial charge in [-0.2, -0.15) is 0 Å². The second-order valence-electron chi connectivity index (χ2n) is 8.55. The SMILES string of the molecule is COC(=O)c1c(S(=O)(=O)Nc2cccc(C)c2)sc2c1CCN(C(=O)CC1CCCC1)C2. The standard InChI is InChI=1S/C23H28N2O5S2/c1-15-6-5-9-17(12-15)24-32(28,29)23-21(22(27)30-2)18-10-11-25(14-19(18)31-23)20(26)13-16-7-3-4-8-16/h5-6,9,12,16,24H,3-4,7-8,10-11,13-14H2,1-2H3. The Kier molecular flexibility index (Phi) is 6.57. The largest absolute Gasteiger partial charge is 0.465 e. The van der Waals surface area contributed by atoms with Gasteiger partial charge in [-0.25, -0.2) is 13.2 Å². The molecule has 9 heteroatoms. The normalized spacial score (nSPS) is 16.6. The molecule has 0 bridgehead atoms. The van der Waals surface area contributed by atoms with E-state index in [-0.39, 0.29) is 15.7 Å². The summed E-state index contributed by atoms with van der Waals surface area (Å²) in [7, 11) is -2.76. The third-order valence-corrected chi connectivity index (χ3v) is 9.34. The number of hydrogen-bond donors (Lipinski definition) is 1. The predicted octanol–water partition coefficient (Wildman–Crippen LogP) is 4.11. The fourth-order valence-corrected chi connectivity index (χ4v) is 7.54. The zero-order chi connectivity index (χ0) is 22.9. The Balaban J connectivity index is 1.62. The molecule has 1 aromatic heterocycles. The van der Waals surface area contributed by atoms with Crippen LogP contribution in [0.25, 0.3) is 0 Å². The molecule has 2 aliphatic rings. The summed E-state index contributed by atoms with van der Waals surface area (Å²) < 4.78 is 33.9. The summed E-state index contributed by atoms with van der Waals surface area (Å²) >= 11 is 1.05. The first-order valence-corrected chi connectivity index (χ1v) is 13.2. The molecular formula is C23H28N2O5S2. The number of carbonyl (C=O) groups excluding carboxylic acids is 2. The molecule has 0 unspecified atom stereocenters. The summed E-state index contributed by atoms with van der Waals surface area (Å²) in [5.74, 6) is -0.108. The molecule has 1 aromatic carbocycles. The molecule has 2 heterocycles. The lowest BCUT2D eigenvalue weighted by atomic mass is 10.0. The number of sulfonamides is 1. The second-order valence-corrected chi connectivity index (χ2v) is 11.5. The van der Waals surface area contributed by atoms with E-state index < -0.39 is 16.0 Å². The van der Waals surface area contributed by atoms with E-state index in [9.17, 15) is 18.0 Å². The van der Waals surface area contributed by atoms with Crippen molar-refractivity contribution in [2.24, 2.45) is 5.92 Å². The molecule has 0 spiro atoms. The number of methoxy groups -OCH3 is 1. The smallest absolute Gasteiger partial charge is 0.340 e. The molecule has 32 heavy (non-hydrogen) atoms. The van der Waals surface area contributed by atoms with E-state index in [1.54, 1.807) is 23.1 Å². The molecule has 0 atom stereocenters. The molecule has 1 N–H and O–H groups in total. The van der Waals surface area contributed by atoms with Crippen molar-refractivity contribution in [3.63, 3.8) is 0 Å². The molecule has 1 saturated carbocycles. The second kappa shape index (κ2) is 9.23. The first kappa shape index (κ1) is 22.8. The van der Waals surface area contributed by atoms with Crippen molar-refractivity contribution >= 4 is 38.9 Å². The lowest BCUT2D eigenvalue weighted by Crippen LogP contribution is -2.36. The van der Waals surface area contributed by atoms with Crippen LogP contribution in [0, 0.1) is 12.8 Å². The van der Waals surface area contributed by atoms with Crippen LogP contribution in [0.5, 0.6) is 0 Å². The van der Waals surface area contributed by atoms with Crippen LogP contribution in [0.4, 0.5) is 5.69 Å². The Morgan fingerprint density at radius 1 is 1.25 bits per heavy atom. The zero-order valence-electron chi connectivity index (χ0n) is 18.3. The molecular weight excluding hydrogens is 448 g/mol. The van der Waals surface area contributed by atoms with Gasteiger partial charge in [0.15, 0.2) is 4.21 Å². The quantitative estimate of drug-likeness (QED) is 0.634. The molecule has 1 aliphatic carbocycles. The van der Waals surface area contributed by atoms with E-state index >= 15 is 0 Å². The average molecular weight is 477 g/mol. The number of thiophene rings is 1. The van der Waals surface area contributed by atoms with Crippen molar-refractivity contribution in [3.8, 4) is 0 Å². The lowest BCUT2D eigenvalue weighted by Gasteiger charge is -2.28. The van der Waals surface area contributed by atoms with E-state index in [2.05, 4.69) is 4.72 Å². The third-order valence-electron chi connectivity index (χ3n) is 6.22. The Morgan fingerprint density at radius 2 is 2.00 bits per heavy atom. The molecule has 1 fully saturated rings. The van der Waals surface area contributed by atoms with E-state index in [4.69, 9.17) is 4.74 Å². The lowest BCUT2D eigenvalue weighted by molar-refractivity contribution is -0.133. The van der Waals surface area contributed by atoms with E-state index in [1.807, 2.05) is 13.0 Å². The van der Waals surface area contributed by atoms with Crippen LogP contribution in [0.2, 0.25) is 0 Å². The number of benzene rings is 1.